The minimum Gasteiger partial charge on any atom is -0.497 e. The van der Waals surface area contributed by atoms with Crippen LogP contribution in [0.5, 0.6) is 5.75 Å². The largest absolute Gasteiger partial charge is 0.497 e. The molecule has 0 radical (unpaired) electrons. The number of carbonyl (C=O) groups excluding carboxylic acids is 1. The molecule has 32 heavy (non-hydrogen) atoms. The van der Waals surface area contributed by atoms with E-state index in [0.717, 1.165) is 32.5 Å². The zero-order valence-electron chi connectivity index (χ0n) is 18.3. The molecule has 6 heteroatoms. The van der Waals surface area contributed by atoms with Gasteiger partial charge < -0.3 is 20.9 Å². The van der Waals surface area contributed by atoms with Crippen LogP contribution in [-0.4, -0.2) is 30.8 Å². The molecule has 0 aliphatic carbocycles. The van der Waals surface area contributed by atoms with Crippen molar-refractivity contribution in [2.75, 3.05) is 13.7 Å². The molecule has 0 unspecified atom stereocenters. The zero-order chi connectivity index (χ0) is 23.1. The number of nitrogens with one attached hydrogen (secondary N) is 1. The Morgan fingerprint density at radius 1 is 1.09 bits per heavy atom. The Morgan fingerprint density at radius 3 is 2.50 bits per heavy atom. The van der Waals surface area contributed by atoms with Gasteiger partial charge >= 0.3 is 0 Å². The van der Waals surface area contributed by atoms with Crippen LogP contribution >= 0.6 is 15.9 Å². The number of carbonyl (C=O) groups is 1. The molecule has 168 valence electrons. The van der Waals surface area contributed by atoms with E-state index in [1.165, 1.54) is 0 Å². The predicted molar refractivity (Wildman–Crippen MR) is 131 cm³/mol. The van der Waals surface area contributed by atoms with Crippen molar-refractivity contribution < 1.29 is 14.6 Å². The molecule has 0 aliphatic rings. The normalized spacial score (nSPS) is 12.9. The van der Waals surface area contributed by atoms with Crippen molar-refractivity contribution in [3.05, 3.63) is 99.0 Å². The van der Waals surface area contributed by atoms with Gasteiger partial charge in [-0.05, 0) is 59.9 Å². The molecule has 3 rings (SSSR count). The Balaban J connectivity index is 1.85. The van der Waals surface area contributed by atoms with Crippen LogP contribution in [0.4, 0.5) is 0 Å². The van der Waals surface area contributed by atoms with E-state index < -0.39 is 12.0 Å². The summed E-state index contributed by atoms with van der Waals surface area (Å²) in [6.07, 6.45) is -0.164. The molecule has 3 aromatic carbocycles. The first kappa shape index (κ1) is 24.0. The fourth-order valence-corrected chi connectivity index (χ4v) is 4.79. The summed E-state index contributed by atoms with van der Waals surface area (Å²) in [5, 5.41) is 14.6. The van der Waals surface area contributed by atoms with Gasteiger partial charge in [0.05, 0.1) is 13.2 Å². The van der Waals surface area contributed by atoms with E-state index in [1.54, 1.807) is 13.2 Å². The number of primary amides is 1. The number of amides is 1. The molecule has 1 amide bonds. The number of ether oxygens (including phenoxy) is 1. The third-order valence-electron chi connectivity index (χ3n) is 5.49. The lowest BCUT2D eigenvalue weighted by atomic mass is 9.84. The highest BCUT2D eigenvalue weighted by molar-refractivity contribution is 9.10. The number of benzene rings is 3. The van der Waals surface area contributed by atoms with Gasteiger partial charge in [-0.1, -0.05) is 58.4 Å². The van der Waals surface area contributed by atoms with Crippen molar-refractivity contribution in [2.45, 2.75) is 31.9 Å². The summed E-state index contributed by atoms with van der Waals surface area (Å²) in [6, 6.07) is 21.5. The molecule has 0 fully saturated rings. The second-order valence-electron chi connectivity index (χ2n) is 7.92. The summed E-state index contributed by atoms with van der Waals surface area (Å²) in [4.78, 5) is 12.3. The number of rotatable bonds is 10. The van der Waals surface area contributed by atoms with Crippen LogP contribution in [-0.2, 0) is 13.0 Å². The van der Waals surface area contributed by atoms with E-state index in [-0.39, 0.29) is 5.92 Å². The molecule has 5 nitrogen and oxygen atoms in total. The van der Waals surface area contributed by atoms with Crippen molar-refractivity contribution >= 4 is 21.8 Å². The van der Waals surface area contributed by atoms with Crippen LogP contribution in [0, 0.1) is 6.92 Å². The first-order valence-corrected chi connectivity index (χ1v) is 11.3. The van der Waals surface area contributed by atoms with Gasteiger partial charge in [0, 0.05) is 29.0 Å². The van der Waals surface area contributed by atoms with Gasteiger partial charge in [-0.3, -0.25) is 4.79 Å². The van der Waals surface area contributed by atoms with E-state index in [2.05, 4.69) is 21.2 Å². The summed E-state index contributed by atoms with van der Waals surface area (Å²) in [5.41, 5.74) is 9.96. The monoisotopic (exact) mass is 496 g/mol. The lowest BCUT2D eigenvalue weighted by Crippen LogP contribution is -2.34. The molecule has 3 aromatic rings. The van der Waals surface area contributed by atoms with E-state index in [4.69, 9.17) is 10.5 Å². The molecule has 0 aliphatic heterocycles. The maximum Gasteiger partial charge on any atom is 0.249 e. The Bertz CT molecular complexity index is 1060. The van der Waals surface area contributed by atoms with Crippen LogP contribution in [0.3, 0.4) is 0 Å². The maximum absolute atomic E-state index is 12.3. The Morgan fingerprint density at radius 2 is 1.81 bits per heavy atom. The first-order valence-electron chi connectivity index (χ1n) is 10.5. The highest BCUT2D eigenvalue weighted by Gasteiger charge is 2.28. The lowest BCUT2D eigenvalue weighted by molar-refractivity contribution is 0.0995. The smallest absolute Gasteiger partial charge is 0.249 e. The van der Waals surface area contributed by atoms with Crippen LogP contribution in [0.2, 0.25) is 0 Å². The fraction of sp³-hybridized carbons (Fsp3) is 0.269. The van der Waals surface area contributed by atoms with Crippen LogP contribution in [0.1, 0.15) is 38.5 Å². The van der Waals surface area contributed by atoms with Gasteiger partial charge in [-0.2, -0.15) is 0 Å². The average molecular weight is 497 g/mol. The Hall–Kier alpha value is -2.67. The third kappa shape index (κ3) is 6.19. The van der Waals surface area contributed by atoms with E-state index in [9.17, 15) is 9.90 Å². The molecular formula is C26H29BrN2O3. The molecule has 0 aromatic heterocycles. The topological polar surface area (TPSA) is 84.6 Å². The molecular weight excluding hydrogens is 468 g/mol. The van der Waals surface area contributed by atoms with Crippen molar-refractivity contribution in [3.63, 3.8) is 0 Å². The molecule has 4 N–H and O–H groups in total. The van der Waals surface area contributed by atoms with Crippen LogP contribution < -0.4 is 15.8 Å². The third-order valence-corrected chi connectivity index (χ3v) is 6.15. The van der Waals surface area contributed by atoms with Crippen molar-refractivity contribution in [2.24, 2.45) is 5.73 Å². The van der Waals surface area contributed by atoms with Crippen LogP contribution in [0.15, 0.2) is 71.2 Å². The fourth-order valence-electron chi connectivity index (χ4n) is 3.92. The highest BCUT2D eigenvalue weighted by atomic mass is 79.9. The predicted octanol–water partition coefficient (Wildman–Crippen LogP) is 4.34. The Labute approximate surface area is 197 Å². The van der Waals surface area contributed by atoms with E-state index in [0.29, 0.717) is 25.1 Å². The van der Waals surface area contributed by atoms with Gasteiger partial charge in [-0.25, -0.2) is 0 Å². The number of hydrogen-bond acceptors (Lipinski definition) is 4. The molecule has 0 saturated carbocycles. The number of methoxy groups -OCH3 is 1. The van der Waals surface area contributed by atoms with E-state index >= 15 is 0 Å². The maximum atomic E-state index is 12.3. The number of hydrogen-bond donors (Lipinski definition) is 3. The average Bonchev–Trinajstić information content (AvgIpc) is 2.78. The molecule has 2 atom stereocenters. The second-order valence-corrected chi connectivity index (χ2v) is 8.77. The van der Waals surface area contributed by atoms with Crippen molar-refractivity contribution in [3.8, 4) is 5.75 Å². The summed E-state index contributed by atoms with van der Waals surface area (Å²) in [5.74, 6) is -0.0341. The summed E-state index contributed by atoms with van der Waals surface area (Å²) < 4.78 is 6.05. The summed E-state index contributed by atoms with van der Waals surface area (Å²) in [7, 11) is 1.64. The highest BCUT2D eigenvalue weighted by Crippen LogP contribution is 2.34. The number of aliphatic hydroxyl groups excluding tert-OH is 1. The first-order chi connectivity index (χ1) is 15.4. The second kappa shape index (κ2) is 11.3. The summed E-state index contributed by atoms with van der Waals surface area (Å²) >= 11 is 3.62. The van der Waals surface area contributed by atoms with Gasteiger partial charge in [0.25, 0.3) is 0 Å². The van der Waals surface area contributed by atoms with Gasteiger partial charge in [0.15, 0.2) is 0 Å². The SMILES string of the molecule is COc1cccc(CNC[C@H](O)[C@@H](Cc2ccccc2)c2c(Br)cc(C)cc2C(N)=O)c1. The van der Waals surface area contributed by atoms with E-state index in [1.807, 2.05) is 67.6 Å². The molecule has 0 heterocycles. The van der Waals surface area contributed by atoms with Gasteiger partial charge in [0.2, 0.25) is 5.91 Å². The molecule has 0 bridgehead atoms. The quantitative estimate of drug-likeness (QED) is 0.389. The number of aryl methyl sites for hydroxylation is 1. The minimum atomic E-state index is -0.738. The van der Waals surface area contributed by atoms with Crippen molar-refractivity contribution in [1.82, 2.24) is 5.32 Å². The number of nitrogens with two attached hydrogens (primary N) is 1. The van der Waals surface area contributed by atoms with Gasteiger partial charge in [-0.15, -0.1) is 0 Å². The molecule has 0 spiro atoms. The number of halogens is 1. The molecule has 0 saturated heterocycles. The lowest BCUT2D eigenvalue weighted by Gasteiger charge is -2.27. The Kier molecular flexibility index (Phi) is 8.45. The van der Waals surface area contributed by atoms with Gasteiger partial charge in [0.1, 0.15) is 5.75 Å². The number of aliphatic hydroxyl groups is 1. The standard InChI is InChI=1S/C26H29BrN2O3/c1-17-11-22(26(28)31)25(23(27)12-17)21(14-18-7-4-3-5-8-18)24(30)16-29-15-19-9-6-10-20(13-19)32-2/h3-13,21,24,29-30H,14-16H2,1-2H3,(H2,28,31)/t21-,24+/m1/s1. The summed E-state index contributed by atoms with van der Waals surface area (Å²) in [6.45, 7) is 2.86. The minimum absolute atomic E-state index is 0.326. The van der Waals surface area contributed by atoms with Crippen LogP contribution in [0.25, 0.3) is 0 Å². The zero-order valence-corrected chi connectivity index (χ0v) is 19.9. The van der Waals surface area contributed by atoms with Crippen molar-refractivity contribution in [1.29, 1.82) is 0 Å².